The Morgan fingerprint density at radius 3 is 2.36 bits per heavy atom. The van der Waals surface area contributed by atoms with E-state index in [9.17, 15) is 0 Å². The van der Waals surface area contributed by atoms with Gasteiger partial charge in [-0.25, -0.2) is 0 Å². The Bertz CT molecular complexity index is 410. The third kappa shape index (κ3) is 1.64. The van der Waals surface area contributed by atoms with E-state index in [1.54, 1.807) is 0 Å². The first-order valence-corrected chi connectivity index (χ1v) is 4.87. The van der Waals surface area contributed by atoms with E-state index in [0.29, 0.717) is 0 Å². The minimum Gasteiger partial charge on any atom is -0.143 e. The molecule has 0 N–H and O–H groups in total. The zero-order valence-corrected chi connectivity index (χ0v) is 8.30. The van der Waals surface area contributed by atoms with E-state index in [-0.39, 0.29) is 0 Å². The Balaban J connectivity index is 2.51. The number of pyridine rings is 2. The molecule has 0 spiro atoms. The van der Waals surface area contributed by atoms with Crippen LogP contribution in [-0.4, -0.2) is 0 Å². The van der Waals surface area contributed by atoms with Crippen LogP contribution in [0.15, 0.2) is 55.0 Å². The highest BCUT2D eigenvalue weighted by Crippen LogP contribution is 1.90. The fourth-order valence-corrected chi connectivity index (χ4v) is 1.52. The summed E-state index contributed by atoms with van der Waals surface area (Å²) in [5.41, 5.74) is 0. The van der Waals surface area contributed by atoms with Crippen LogP contribution in [0, 0.1) is 0 Å². The van der Waals surface area contributed by atoms with Crippen LogP contribution in [-0.2, 0) is 6.54 Å². The monoisotopic (exact) mass is 186 g/mol. The van der Waals surface area contributed by atoms with Gasteiger partial charge in [-0.1, -0.05) is 6.07 Å². The molecule has 70 valence electrons. The predicted molar refractivity (Wildman–Crippen MR) is 53.8 cm³/mol. The van der Waals surface area contributed by atoms with Crippen molar-refractivity contribution in [2.24, 2.45) is 0 Å². The van der Waals surface area contributed by atoms with Gasteiger partial charge in [-0.3, -0.25) is 0 Å². The predicted octanol–water partition coefficient (Wildman–Crippen LogP) is 1.27. The third-order valence-electron chi connectivity index (χ3n) is 2.24. The lowest BCUT2D eigenvalue weighted by Crippen LogP contribution is -2.47. The minimum absolute atomic E-state index is 0.984. The maximum Gasteiger partial charge on any atom is 0.449 e. The van der Waals surface area contributed by atoms with E-state index in [0.717, 1.165) is 6.54 Å². The van der Waals surface area contributed by atoms with Crippen LogP contribution in [0.1, 0.15) is 6.92 Å². The van der Waals surface area contributed by atoms with E-state index in [4.69, 9.17) is 0 Å². The molecule has 0 saturated carbocycles. The molecule has 0 radical (unpaired) electrons. The quantitative estimate of drug-likeness (QED) is 0.624. The summed E-state index contributed by atoms with van der Waals surface area (Å²) in [5, 5.41) is 0. The van der Waals surface area contributed by atoms with Crippen molar-refractivity contribution in [1.29, 1.82) is 0 Å². The Morgan fingerprint density at radius 1 is 0.929 bits per heavy atom. The molecule has 0 aliphatic rings. The van der Waals surface area contributed by atoms with Crippen LogP contribution >= 0.6 is 0 Å². The van der Waals surface area contributed by atoms with Gasteiger partial charge in [0.2, 0.25) is 0 Å². The highest BCUT2D eigenvalue weighted by molar-refractivity contribution is 5.03. The van der Waals surface area contributed by atoms with Gasteiger partial charge in [0.15, 0.2) is 25.1 Å². The number of rotatable bonds is 2. The highest BCUT2D eigenvalue weighted by Gasteiger charge is 2.16. The lowest BCUT2D eigenvalue weighted by Gasteiger charge is -1.94. The van der Waals surface area contributed by atoms with E-state index in [2.05, 4.69) is 52.8 Å². The molecule has 2 aromatic heterocycles. The van der Waals surface area contributed by atoms with Gasteiger partial charge in [0.25, 0.3) is 0 Å². The molecule has 2 heterocycles. The minimum atomic E-state index is 0.984. The van der Waals surface area contributed by atoms with E-state index < -0.39 is 0 Å². The number of aryl methyl sites for hydroxylation is 1. The molecule has 2 nitrogen and oxygen atoms in total. The fraction of sp³-hybridized carbons (Fsp3) is 0.167. The first-order chi connectivity index (χ1) is 6.92. The van der Waals surface area contributed by atoms with Gasteiger partial charge in [0, 0.05) is 18.2 Å². The van der Waals surface area contributed by atoms with Gasteiger partial charge in [0.05, 0.1) is 6.07 Å². The van der Waals surface area contributed by atoms with Crippen molar-refractivity contribution >= 4 is 0 Å². The van der Waals surface area contributed by atoms with Crippen LogP contribution in [0.5, 0.6) is 0 Å². The molecule has 0 amide bonds. The molecule has 0 aromatic carbocycles. The summed E-state index contributed by atoms with van der Waals surface area (Å²) in [4.78, 5) is 0. The molecule has 2 rings (SSSR count). The lowest BCUT2D eigenvalue weighted by atomic mass is 10.4. The normalized spacial score (nSPS) is 10.1. The summed E-state index contributed by atoms with van der Waals surface area (Å²) in [5.74, 6) is 1.19. The third-order valence-corrected chi connectivity index (χ3v) is 2.24. The van der Waals surface area contributed by atoms with Crippen molar-refractivity contribution in [3.05, 3.63) is 55.0 Å². The summed E-state index contributed by atoms with van der Waals surface area (Å²) in [6, 6.07) is 12.3. The topological polar surface area (TPSA) is 7.76 Å². The zero-order valence-electron chi connectivity index (χ0n) is 8.30. The van der Waals surface area contributed by atoms with Crippen molar-refractivity contribution in [1.82, 2.24) is 0 Å². The second kappa shape index (κ2) is 4.01. The first kappa shape index (κ1) is 8.88. The summed E-state index contributed by atoms with van der Waals surface area (Å²) in [7, 11) is 0. The first-order valence-electron chi connectivity index (χ1n) is 4.87. The van der Waals surface area contributed by atoms with Crippen molar-refractivity contribution in [2.75, 3.05) is 0 Å². The Labute approximate surface area is 84.1 Å². The van der Waals surface area contributed by atoms with E-state index in [1.807, 2.05) is 18.2 Å². The highest BCUT2D eigenvalue weighted by atomic mass is 15.1. The van der Waals surface area contributed by atoms with E-state index >= 15 is 0 Å². The molecule has 2 aromatic rings. The van der Waals surface area contributed by atoms with Gasteiger partial charge >= 0.3 is 5.82 Å². The van der Waals surface area contributed by atoms with Crippen LogP contribution in [0.25, 0.3) is 5.82 Å². The summed E-state index contributed by atoms with van der Waals surface area (Å²) in [6.07, 6.45) is 6.21. The molecule has 2 heteroatoms. The van der Waals surface area contributed by atoms with Crippen molar-refractivity contribution in [2.45, 2.75) is 13.5 Å². The van der Waals surface area contributed by atoms with Crippen molar-refractivity contribution in [3.63, 3.8) is 0 Å². The number of hydrogen-bond donors (Lipinski definition) is 0. The maximum absolute atomic E-state index is 2.21. The lowest BCUT2D eigenvalue weighted by molar-refractivity contribution is -0.790. The average molecular weight is 186 g/mol. The second-order valence-corrected chi connectivity index (χ2v) is 3.13. The summed E-state index contributed by atoms with van der Waals surface area (Å²) >= 11 is 0. The molecular formula is C12H14N2+2. The summed E-state index contributed by atoms with van der Waals surface area (Å²) in [6.45, 7) is 3.13. The van der Waals surface area contributed by atoms with Gasteiger partial charge in [-0.15, -0.1) is 9.13 Å². The fourth-order valence-electron chi connectivity index (χ4n) is 1.52. The number of nitrogens with zero attached hydrogens (tertiary/aromatic N) is 2. The molecular weight excluding hydrogens is 172 g/mol. The zero-order chi connectivity index (χ0) is 9.80. The van der Waals surface area contributed by atoms with Gasteiger partial charge < -0.3 is 0 Å². The van der Waals surface area contributed by atoms with Crippen LogP contribution in [0.3, 0.4) is 0 Å². The van der Waals surface area contributed by atoms with Crippen LogP contribution in [0.2, 0.25) is 0 Å². The smallest absolute Gasteiger partial charge is 0.143 e. The van der Waals surface area contributed by atoms with E-state index in [1.165, 1.54) is 5.82 Å². The molecule has 0 aliphatic heterocycles. The standard InChI is InChI=1S/C12H14N2/c1-2-13-9-7-4-8-12(13)14-10-5-3-6-11-14/h3-11H,2H2,1H3/q+2. The Kier molecular flexibility index (Phi) is 2.54. The average Bonchev–Trinajstić information content (AvgIpc) is 2.30. The summed E-state index contributed by atoms with van der Waals surface area (Å²) < 4.78 is 4.32. The van der Waals surface area contributed by atoms with Gasteiger partial charge in [-0.2, -0.15) is 0 Å². The molecule has 0 atom stereocenters. The Hall–Kier alpha value is -1.70. The van der Waals surface area contributed by atoms with Gasteiger partial charge in [0.1, 0.15) is 0 Å². The van der Waals surface area contributed by atoms with Gasteiger partial charge in [-0.05, 0) is 13.0 Å². The molecule has 0 saturated heterocycles. The molecule has 0 bridgehead atoms. The van der Waals surface area contributed by atoms with Crippen LogP contribution < -0.4 is 9.13 Å². The number of hydrogen-bond acceptors (Lipinski definition) is 0. The number of aromatic nitrogens is 2. The van der Waals surface area contributed by atoms with Crippen molar-refractivity contribution < 1.29 is 9.13 Å². The van der Waals surface area contributed by atoms with Crippen molar-refractivity contribution in [3.8, 4) is 5.82 Å². The Morgan fingerprint density at radius 2 is 1.64 bits per heavy atom. The molecule has 14 heavy (non-hydrogen) atoms. The van der Waals surface area contributed by atoms with Crippen LogP contribution in [0.4, 0.5) is 0 Å². The largest absolute Gasteiger partial charge is 0.449 e. The SMILES string of the molecule is CC[n+]1ccccc1-[n+]1ccccc1. The maximum atomic E-state index is 2.21. The molecule has 0 aliphatic carbocycles. The molecule has 0 fully saturated rings. The second-order valence-electron chi connectivity index (χ2n) is 3.13. The molecule has 0 unspecified atom stereocenters.